The third-order valence-electron chi connectivity index (χ3n) is 6.09. The first-order valence-corrected chi connectivity index (χ1v) is 11.2. The van der Waals surface area contributed by atoms with E-state index >= 15 is 0 Å². The zero-order valence-corrected chi connectivity index (χ0v) is 18.6. The highest BCUT2D eigenvalue weighted by atomic mass is 16.2. The quantitative estimate of drug-likeness (QED) is 0.475. The Morgan fingerprint density at radius 1 is 0.970 bits per heavy atom. The van der Waals surface area contributed by atoms with Gasteiger partial charge in [0.25, 0.3) is 11.5 Å². The zero-order valence-electron chi connectivity index (χ0n) is 18.6. The summed E-state index contributed by atoms with van der Waals surface area (Å²) in [4.78, 5) is 35.2. The van der Waals surface area contributed by atoms with Gasteiger partial charge in [0.05, 0.1) is 22.5 Å². The normalized spacial score (nSPS) is 14.6. The Morgan fingerprint density at radius 2 is 1.73 bits per heavy atom. The van der Waals surface area contributed by atoms with Crippen LogP contribution in [-0.4, -0.2) is 61.2 Å². The molecule has 2 aromatic rings. The number of fused-ring (bicyclic) bond motifs is 1. The second kappa shape index (κ2) is 8.99. The van der Waals surface area contributed by atoms with Gasteiger partial charge < -0.3 is 9.47 Å². The molecule has 0 spiro atoms. The van der Waals surface area contributed by atoms with E-state index in [4.69, 9.17) is 0 Å². The molecule has 1 aromatic carbocycles. The molecule has 33 heavy (non-hydrogen) atoms. The van der Waals surface area contributed by atoms with Gasteiger partial charge in [0.15, 0.2) is 0 Å². The predicted octanol–water partition coefficient (Wildman–Crippen LogP) is 2.51. The maximum absolute atomic E-state index is 13.5. The summed E-state index contributed by atoms with van der Waals surface area (Å²) < 4.78 is 3.26. The Morgan fingerprint density at radius 3 is 2.42 bits per heavy atom. The lowest BCUT2D eigenvalue weighted by atomic mass is 10.1. The summed E-state index contributed by atoms with van der Waals surface area (Å²) in [6.45, 7) is 6.21. The number of para-hydroxylation sites is 1. The van der Waals surface area contributed by atoms with Crippen molar-refractivity contribution in [1.82, 2.24) is 29.1 Å². The highest BCUT2D eigenvalue weighted by molar-refractivity contribution is 6.00. The van der Waals surface area contributed by atoms with Crippen LogP contribution in [0.3, 0.4) is 0 Å². The molecule has 0 unspecified atom stereocenters. The molecular weight excluding hydrogens is 416 g/mol. The van der Waals surface area contributed by atoms with E-state index in [-0.39, 0.29) is 11.5 Å². The number of piperazine rings is 1. The zero-order chi connectivity index (χ0) is 22.8. The maximum Gasteiger partial charge on any atom is 0.282 e. The third-order valence-corrected chi connectivity index (χ3v) is 6.09. The monoisotopic (exact) mass is 442 g/mol. The first-order valence-electron chi connectivity index (χ1n) is 11.2. The molecule has 168 valence electrons. The molecule has 0 N–H and O–H groups in total. The van der Waals surface area contributed by atoms with Gasteiger partial charge in [0.1, 0.15) is 5.69 Å². The van der Waals surface area contributed by atoms with Crippen LogP contribution in [0.1, 0.15) is 23.0 Å². The molecule has 0 aliphatic carbocycles. The molecule has 4 heterocycles. The summed E-state index contributed by atoms with van der Waals surface area (Å²) in [5, 5.41) is 4.57. The second-order valence-corrected chi connectivity index (χ2v) is 8.21. The van der Waals surface area contributed by atoms with Crippen molar-refractivity contribution in [2.45, 2.75) is 20.0 Å². The molecule has 3 aliphatic heterocycles. The predicted molar refractivity (Wildman–Crippen MR) is 126 cm³/mol. The molecule has 1 fully saturated rings. The summed E-state index contributed by atoms with van der Waals surface area (Å²) in [6, 6.07) is 15.2. The first kappa shape index (κ1) is 21.1. The van der Waals surface area contributed by atoms with Crippen LogP contribution in [-0.2, 0) is 13.1 Å². The third kappa shape index (κ3) is 4.17. The minimum atomic E-state index is -0.215. The molecule has 8 nitrogen and oxygen atoms in total. The fourth-order valence-electron chi connectivity index (χ4n) is 4.24. The van der Waals surface area contributed by atoms with Crippen molar-refractivity contribution in [2.75, 3.05) is 26.2 Å². The lowest BCUT2D eigenvalue weighted by Gasteiger charge is -2.34. The maximum atomic E-state index is 13.5. The number of hydrogen-bond donors (Lipinski definition) is 0. The van der Waals surface area contributed by atoms with Gasteiger partial charge >= 0.3 is 0 Å². The molecule has 1 amide bonds. The van der Waals surface area contributed by atoms with Crippen molar-refractivity contribution in [1.29, 1.82) is 0 Å². The highest BCUT2D eigenvalue weighted by Crippen LogP contribution is 2.24. The van der Waals surface area contributed by atoms with Gasteiger partial charge in [-0.1, -0.05) is 24.3 Å². The lowest BCUT2D eigenvalue weighted by Crippen LogP contribution is -2.48. The fourth-order valence-corrected chi connectivity index (χ4v) is 4.24. The van der Waals surface area contributed by atoms with Crippen LogP contribution in [0.2, 0.25) is 0 Å². The molecule has 0 bridgehead atoms. The number of carbonyl (C=O) groups is 1. The number of nitrogens with zero attached hydrogens (tertiary/aromatic N) is 6. The average molecular weight is 443 g/mol. The van der Waals surface area contributed by atoms with E-state index in [1.54, 1.807) is 12.4 Å². The number of aryl methyl sites for hydroxylation is 1. The van der Waals surface area contributed by atoms with Gasteiger partial charge in [-0.2, -0.15) is 9.78 Å². The highest BCUT2D eigenvalue weighted by Gasteiger charge is 2.29. The fraction of sp³-hybridized carbons (Fsp3) is 0.280. The Kier molecular flexibility index (Phi) is 5.75. The van der Waals surface area contributed by atoms with Gasteiger partial charge in [0.2, 0.25) is 0 Å². The Balaban J connectivity index is 1.41. The average Bonchev–Trinajstić information content (AvgIpc) is 3.21. The summed E-state index contributed by atoms with van der Waals surface area (Å²) >= 11 is 0. The topological polar surface area (TPSA) is 76.3 Å². The van der Waals surface area contributed by atoms with Crippen molar-refractivity contribution in [3.8, 4) is 16.9 Å². The van der Waals surface area contributed by atoms with Crippen LogP contribution >= 0.6 is 0 Å². The molecule has 1 saturated heterocycles. The summed E-state index contributed by atoms with van der Waals surface area (Å²) in [7, 11) is 0. The molecule has 8 heteroatoms. The van der Waals surface area contributed by atoms with Crippen molar-refractivity contribution in [3.63, 3.8) is 0 Å². The number of hydrogen-bond acceptors (Lipinski definition) is 5. The Hall–Kier alpha value is -3.78. The minimum Gasteiger partial charge on any atom is -0.353 e. The van der Waals surface area contributed by atoms with Crippen molar-refractivity contribution < 1.29 is 4.79 Å². The molecule has 5 rings (SSSR count). The van der Waals surface area contributed by atoms with Gasteiger partial charge in [-0.25, -0.2) is 0 Å². The lowest BCUT2D eigenvalue weighted by molar-refractivity contribution is 0.0626. The van der Waals surface area contributed by atoms with Gasteiger partial charge in [-0.05, 0) is 31.2 Å². The van der Waals surface area contributed by atoms with Crippen LogP contribution in [0.25, 0.3) is 16.9 Å². The molecule has 0 saturated carbocycles. The van der Waals surface area contributed by atoms with Crippen LogP contribution < -0.4 is 5.56 Å². The van der Waals surface area contributed by atoms with E-state index in [1.165, 1.54) is 4.68 Å². The smallest absolute Gasteiger partial charge is 0.282 e. The number of amides is 1. The molecule has 0 radical (unpaired) electrons. The molecule has 0 atom stereocenters. The van der Waals surface area contributed by atoms with Gasteiger partial charge in [-0.15, -0.1) is 0 Å². The Bertz CT molecular complexity index is 1270. The number of rotatable bonds is 5. The van der Waals surface area contributed by atoms with Crippen LogP contribution in [0.5, 0.6) is 0 Å². The molecule has 1 aromatic heterocycles. The van der Waals surface area contributed by atoms with Crippen LogP contribution in [0.4, 0.5) is 0 Å². The van der Waals surface area contributed by atoms with Crippen molar-refractivity contribution >= 4 is 5.91 Å². The van der Waals surface area contributed by atoms with Gasteiger partial charge in [-0.3, -0.25) is 19.5 Å². The van der Waals surface area contributed by atoms with Crippen molar-refractivity contribution in [2.24, 2.45) is 0 Å². The van der Waals surface area contributed by atoms with E-state index in [2.05, 4.69) is 15.0 Å². The minimum absolute atomic E-state index is 0.0852. The number of aromatic nitrogens is 4. The number of carbonyl (C=O) groups excluding carboxylic acids is 1. The second-order valence-electron chi connectivity index (χ2n) is 8.21. The Labute approximate surface area is 192 Å². The van der Waals surface area contributed by atoms with Crippen LogP contribution in [0.15, 0.2) is 71.9 Å². The largest absolute Gasteiger partial charge is 0.353 e. The van der Waals surface area contributed by atoms with Crippen molar-refractivity contribution in [3.05, 3.63) is 88.7 Å². The number of pyridine rings is 2. The molecular formula is C25H26N6O2. The summed E-state index contributed by atoms with van der Waals surface area (Å²) in [5.41, 5.74) is 2.88. The standard InChI is InChI=1S/C25H26N6O2/c1-2-28-17-21(23-22(18-28)25(33)31(27-23)20-9-4-3-5-10-20)24(32)30-14-12-29(13-15-30)16-19-8-6-7-11-26-19/h3-11,17-18H,2,12-16H2,1H3. The SMILES string of the molecule is CCn1cc(C(=O)N2CCN(Cc3ccccn3)CC2)c2nn(-c3ccccc3)c(=O)c-2c1. The van der Waals surface area contributed by atoms with Gasteiger partial charge in [0, 0.05) is 57.9 Å². The van der Waals surface area contributed by atoms with E-state index in [1.807, 2.05) is 71.1 Å². The van der Waals surface area contributed by atoms with E-state index in [9.17, 15) is 9.59 Å². The van der Waals surface area contributed by atoms with Crippen LogP contribution in [0, 0.1) is 0 Å². The van der Waals surface area contributed by atoms with E-state index in [0.717, 1.165) is 25.3 Å². The first-order chi connectivity index (χ1) is 16.1. The van der Waals surface area contributed by atoms with E-state index < -0.39 is 0 Å². The molecule has 3 aliphatic rings. The number of benzene rings is 1. The van der Waals surface area contributed by atoms with E-state index in [0.29, 0.717) is 42.1 Å². The summed E-state index contributed by atoms with van der Waals surface area (Å²) in [6.07, 6.45) is 5.40. The summed E-state index contributed by atoms with van der Waals surface area (Å²) in [5.74, 6) is -0.0852.